The van der Waals surface area contributed by atoms with Crippen LogP contribution in [0.15, 0.2) is 18.2 Å². The maximum absolute atomic E-state index is 13.1. The number of rotatable bonds is 3. The summed E-state index contributed by atoms with van der Waals surface area (Å²) in [5.74, 6) is -1.34. The van der Waals surface area contributed by atoms with Gasteiger partial charge in [-0.05, 0) is 43.9 Å². The molecule has 2 aliphatic rings. The van der Waals surface area contributed by atoms with Crippen LogP contribution in [0.5, 0.6) is 0 Å². The molecule has 0 aliphatic carbocycles. The van der Waals surface area contributed by atoms with Gasteiger partial charge in [-0.25, -0.2) is 4.39 Å². The van der Waals surface area contributed by atoms with E-state index in [1.54, 1.807) is 6.07 Å². The van der Waals surface area contributed by atoms with Gasteiger partial charge < -0.3 is 5.11 Å². The van der Waals surface area contributed by atoms with Crippen molar-refractivity contribution in [2.75, 3.05) is 0 Å². The zero-order valence-electron chi connectivity index (χ0n) is 11.2. The molecule has 0 radical (unpaired) electrons. The molecule has 108 valence electrons. The Bertz CT molecular complexity index is 551. The largest absolute Gasteiger partial charge is 0.481 e. The molecule has 2 fully saturated rings. The van der Waals surface area contributed by atoms with Crippen molar-refractivity contribution in [3.8, 4) is 0 Å². The standard InChI is InChI=1S/C15H17ClFNO2/c1-8(11-4-2-9(17)6-13(11)16)18-10-3-5-14(18)12(7-10)15(19)20/h2,4,6,8,10,12,14H,3,5,7H2,1H3,(H,19,20). The number of benzene rings is 1. The molecule has 2 heterocycles. The number of hydrogen-bond donors (Lipinski definition) is 1. The molecule has 0 saturated carbocycles. The van der Waals surface area contributed by atoms with E-state index in [4.69, 9.17) is 11.6 Å². The summed E-state index contributed by atoms with van der Waals surface area (Å²) in [6.07, 6.45) is 2.67. The number of carboxylic acid groups (broad SMARTS) is 1. The first kappa shape index (κ1) is 13.8. The van der Waals surface area contributed by atoms with Crippen LogP contribution in [0.3, 0.4) is 0 Å². The average Bonchev–Trinajstić information content (AvgIpc) is 2.95. The molecule has 1 aromatic rings. The molecule has 5 heteroatoms. The fourth-order valence-corrected chi connectivity index (χ4v) is 4.23. The molecule has 2 aliphatic heterocycles. The van der Waals surface area contributed by atoms with Crippen molar-refractivity contribution in [1.82, 2.24) is 4.90 Å². The third-order valence-electron chi connectivity index (χ3n) is 4.77. The summed E-state index contributed by atoms with van der Waals surface area (Å²) in [7, 11) is 0. The summed E-state index contributed by atoms with van der Waals surface area (Å²) in [4.78, 5) is 13.6. The molecule has 4 unspecified atom stereocenters. The zero-order valence-corrected chi connectivity index (χ0v) is 12.0. The van der Waals surface area contributed by atoms with Crippen molar-refractivity contribution in [3.63, 3.8) is 0 Å². The van der Waals surface area contributed by atoms with E-state index in [-0.39, 0.29) is 23.8 Å². The van der Waals surface area contributed by atoms with Gasteiger partial charge in [0.1, 0.15) is 5.82 Å². The third kappa shape index (κ3) is 2.11. The SMILES string of the molecule is CC(c1ccc(F)cc1Cl)N1C2CCC1C(C(=O)O)C2. The van der Waals surface area contributed by atoms with Crippen LogP contribution in [0, 0.1) is 11.7 Å². The van der Waals surface area contributed by atoms with E-state index in [9.17, 15) is 14.3 Å². The predicted molar refractivity (Wildman–Crippen MR) is 74.2 cm³/mol. The normalized spacial score (nSPS) is 30.6. The summed E-state index contributed by atoms with van der Waals surface area (Å²) in [5.41, 5.74) is 0.871. The highest BCUT2D eigenvalue weighted by atomic mass is 35.5. The minimum Gasteiger partial charge on any atom is -0.481 e. The molecule has 2 bridgehead atoms. The smallest absolute Gasteiger partial charge is 0.308 e. The lowest BCUT2D eigenvalue weighted by Gasteiger charge is -2.30. The first-order valence-electron chi connectivity index (χ1n) is 6.94. The van der Waals surface area contributed by atoms with Crippen molar-refractivity contribution in [2.24, 2.45) is 5.92 Å². The highest BCUT2D eigenvalue weighted by molar-refractivity contribution is 6.31. The molecule has 4 atom stereocenters. The monoisotopic (exact) mass is 297 g/mol. The molecule has 1 aromatic carbocycles. The summed E-state index contributed by atoms with van der Waals surface area (Å²) in [6, 6.07) is 4.83. The van der Waals surface area contributed by atoms with Crippen LogP contribution in [0.4, 0.5) is 4.39 Å². The van der Waals surface area contributed by atoms with E-state index < -0.39 is 5.97 Å². The number of carboxylic acids is 1. The Morgan fingerprint density at radius 3 is 2.85 bits per heavy atom. The van der Waals surface area contributed by atoms with Gasteiger partial charge in [0.15, 0.2) is 0 Å². The van der Waals surface area contributed by atoms with Crippen molar-refractivity contribution in [2.45, 2.75) is 44.3 Å². The molecular formula is C15H17ClFNO2. The van der Waals surface area contributed by atoms with Crippen LogP contribution in [0.25, 0.3) is 0 Å². The average molecular weight is 298 g/mol. The van der Waals surface area contributed by atoms with Gasteiger partial charge >= 0.3 is 5.97 Å². The van der Waals surface area contributed by atoms with Gasteiger partial charge in [0.2, 0.25) is 0 Å². The quantitative estimate of drug-likeness (QED) is 0.928. The van der Waals surface area contributed by atoms with Crippen LogP contribution in [-0.2, 0) is 4.79 Å². The summed E-state index contributed by atoms with van der Waals surface area (Å²) >= 11 is 6.13. The summed E-state index contributed by atoms with van der Waals surface area (Å²) < 4.78 is 13.1. The molecule has 0 aromatic heterocycles. The van der Waals surface area contributed by atoms with Crippen LogP contribution in [0.1, 0.15) is 37.8 Å². The maximum Gasteiger partial charge on any atom is 0.308 e. The van der Waals surface area contributed by atoms with E-state index in [1.807, 2.05) is 6.92 Å². The Balaban J connectivity index is 1.88. The van der Waals surface area contributed by atoms with Crippen LogP contribution >= 0.6 is 11.6 Å². The second kappa shape index (κ2) is 5.01. The number of halogens is 2. The lowest BCUT2D eigenvalue weighted by atomic mass is 9.89. The van der Waals surface area contributed by atoms with Crippen LogP contribution < -0.4 is 0 Å². The fraction of sp³-hybridized carbons (Fsp3) is 0.533. The first-order chi connectivity index (χ1) is 9.49. The van der Waals surface area contributed by atoms with Gasteiger partial charge in [-0.3, -0.25) is 9.69 Å². The van der Waals surface area contributed by atoms with Gasteiger partial charge in [-0.15, -0.1) is 0 Å². The predicted octanol–water partition coefficient (Wildman–Crippen LogP) is 3.48. The minimum atomic E-state index is -0.709. The van der Waals surface area contributed by atoms with Crippen molar-refractivity contribution in [1.29, 1.82) is 0 Å². The van der Waals surface area contributed by atoms with Crippen LogP contribution in [0.2, 0.25) is 5.02 Å². The highest BCUT2D eigenvalue weighted by Crippen LogP contribution is 2.47. The van der Waals surface area contributed by atoms with Gasteiger partial charge in [0.05, 0.1) is 5.92 Å². The van der Waals surface area contributed by atoms with E-state index >= 15 is 0 Å². The number of nitrogens with zero attached hydrogens (tertiary/aromatic N) is 1. The Morgan fingerprint density at radius 1 is 1.50 bits per heavy atom. The number of fused-ring (bicyclic) bond motifs is 2. The fourth-order valence-electron chi connectivity index (χ4n) is 3.90. The molecule has 3 nitrogen and oxygen atoms in total. The van der Waals surface area contributed by atoms with Crippen molar-refractivity contribution >= 4 is 17.6 Å². The molecule has 1 N–H and O–H groups in total. The molecule has 0 amide bonds. The molecule has 0 spiro atoms. The lowest BCUT2D eigenvalue weighted by molar-refractivity contribution is -0.142. The first-order valence-corrected chi connectivity index (χ1v) is 7.32. The van der Waals surface area contributed by atoms with E-state index in [0.29, 0.717) is 17.5 Å². The van der Waals surface area contributed by atoms with Crippen molar-refractivity contribution in [3.05, 3.63) is 34.6 Å². The van der Waals surface area contributed by atoms with E-state index in [0.717, 1.165) is 18.4 Å². The summed E-state index contributed by atoms with van der Waals surface area (Å²) in [6.45, 7) is 2.02. The van der Waals surface area contributed by atoms with E-state index in [2.05, 4.69) is 4.90 Å². The number of carbonyl (C=O) groups is 1. The molecule has 2 saturated heterocycles. The lowest BCUT2D eigenvalue weighted by Crippen LogP contribution is -2.35. The molecular weight excluding hydrogens is 281 g/mol. The second-order valence-electron chi connectivity index (χ2n) is 5.77. The maximum atomic E-state index is 13.1. The third-order valence-corrected chi connectivity index (χ3v) is 5.10. The Kier molecular flexibility index (Phi) is 3.46. The Labute approximate surface area is 122 Å². The minimum absolute atomic E-state index is 0.0185. The molecule has 3 rings (SSSR count). The van der Waals surface area contributed by atoms with Crippen LogP contribution in [-0.4, -0.2) is 28.1 Å². The Hall–Kier alpha value is -1.13. The number of aliphatic carboxylic acids is 1. The highest BCUT2D eigenvalue weighted by Gasteiger charge is 2.51. The Morgan fingerprint density at radius 2 is 2.25 bits per heavy atom. The second-order valence-corrected chi connectivity index (χ2v) is 6.18. The zero-order chi connectivity index (χ0) is 14.4. The van der Waals surface area contributed by atoms with Gasteiger partial charge in [-0.2, -0.15) is 0 Å². The number of hydrogen-bond acceptors (Lipinski definition) is 2. The van der Waals surface area contributed by atoms with Gasteiger partial charge in [0.25, 0.3) is 0 Å². The molecule has 20 heavy (non-hydrogen) atoms. The van der Waals surface area contributed by atoms with Gasteiger partial charge in [-0.1, -0.05) is 17.7 Å². The summed E-state index contributed by atoms with van der Waals surface area (Å²) in [5, 5.41) is 9.71. The van der Waals surface area contributed by atoms with Gasteiger partial charge in [0, 0.05) is 23.1 Å². The van der Waals surface area contributed by atoms with E-state index in [1.165, 1.54) is 12.1 Å². The topological polar surface area (TPSA) is 40.5 Å². The van der Waals surface area contributed by atoms with Crippen molar-refractivity contribution < 1.29 is 14.3 Å².